The van der Waals surface area contributed by atoms with Crippen molar-refractivity contribution in [1.29, 1.82) is 0 Å². The summed E-state index contributed by atoms with van der Waals surface area (Å²) in [6.07, 6.45) is 0.0560. The molecule has 1 amide bonds. The second kappa shape index (κ2) is 6.37. The van der Waals surface area contributed by atoms with Gasteiger partial charge in [-0.3, -0.25) is 4.79 Å². The van der Waals surface area contributed by atoms with Crippen molar-refractivity contribution in [3.63, 3.8) is 0 Å². The summed E-state index contributed by atoms with van der Waals surface area (Å²) in [4.78, 5) is 11.8. The molecular weight excluding hydrogens is 216 g/mol. The SMILES string of the molecule is COC(CN)CC(=O)Nc1cc(C)ccc1C. The van der Waals surface area contributed by atoms with E-state index in [1.54, 1.807) is 7.11 Å². The minimum Gasteiger partial charge on any atom is -0.380 e. The van der Waals surface area contributed by atoms with Gasteiger partial charge in [0, 0.05) is 19.3 Å². The van der Waals surface area contributed by atoms with Gasteiger partial charge in [-0.2, -0.15) is 0 Å². The topological polar surface area (TPSA) is 64.3 Å². The first-order valence-electron chi connectivity index (χ1n) is 5.66. The quantitative estimate of drug-likeness (QED) is 0.816. The van der Waals surface area contributed by atoms with Crippen molar-refractivity contribution in [3.05, 3.63) is 29.3 Å². The summed E-state index contributed by atoms with van der Waals surface area (Å²) in [5, 5.41) is 2.88. The number of methoxy groups -OCH3 is 1. The van der Waals surface area contributed by atoms with Crippen molar-refractivity contribution in [2.45, 2.75) is 26.4 Å². The summed E-state index contributed by atoms with van der Waals surface area (Å²) in [7, 11) is 1.56. The Morgan fingerprint density at radius 2 is 2.18 bits per heavy atom. The van der Waals surface area contributed by atoms with Gasteiger partial charge in [0.25, 0.3) is 0 Å². The fraction of sp³-hybridized carbons (Fsp3) is 0.462. The van der Waals surface area contributed by atoms with Gasteiger partial charge < -0.3 is 15.8 Å². The number of hydrogen-bond donors (Lipinski definition) is 2. The number of aryl methyl sites for hydroxylation is 2. The van der Waals surface area contributed by atoms with E-state index in [0.717, 1.165) is 16.8 Å². The molecule has 0 bridgehead atoms. The van der Waals surface area contributed by atoms with E-state index < -0.39 is 0 Å². The smallest absolute Gasteiger partial charge is 0.227 e. The number of amides is 1. The molecule has 0 aromatic heterocycles. The van der Waals surface area contributed by atoms with E-state index >= 15 is 0 Å². The zero-order chi connectivity index (χ0) is 12.8. The summed E-state index contributed by atoms with van der Waals surface area (Å²) in [6.45, 7) is 4.30. The Hall–Kier alpha value is -1.39. The average molecular weight is 236 g/mol. The largest absolute Gasteiger partial charge is 0.380 e. The van der Waals surface area contributed by atoms with Gasteiger partial charge in [0.05, 0.1) is 12.5 Å². The Balaban J connectivity index is 2.64. The molecule has 94 valence electrons. The van der Waals surface area contributed by atoms with Gasteiger partial charge in [-0.05, 0) is 31.0 Å². The molecule has 1 rings (SSSR count). The third-order valence-electron chi connectivity index (χ3n) is 2.68. The molecule has 0 heterocycles. The summed E-state index contributed by atoms with van der Waals surface area (Å²) >= 11 is 0. The number of carbonyl (C=O) groups is 1. The highest BCUT2D eigenvalue weighted by Gasteiger charge is 2.12. The van der Waals surface area contributed by atoms with Crippen LogP contribution in [0.1, 0.15) is 17.5 Å². The molecule has 0 aliphatic heterocycles. The van der Waals surface area contributed by atoms with E-state index in [9.17, 15) is 4.79 Å². The number of anilines is 1. The molecule has 0 radical (unpaired) electrons. The maximum Gasteiger partial charge on any atom is 0.227 e. The van der Waals surface area contributed by atoms with Gasteiger partial charge in [0.2, 0.25) is 5.91 Å². The zero-order valence-corrected chi connectivity index (χ0v) is 10.6. The van der Waals surface area contributed by atoms with Crippen molar-refractivity contribution in [2.75, 3.05) is 19.0 Å². The number of hydrogen-bond acceptors (Lipinski definition) is 3. The van der Waals surface area contributed by atoms with Crippen molar-refractivity contribution < 1.29 is 9.53 Å². The first-order chi connectivity index (χ1) is 8.06. The van der Waals surface area contributed by atoms with Gasteiger partial charge in [-0.1, -0.05) is 12.1 Å². The number of carbonyl (C=O) groups excluding carboxylic acids is 1. The van der Waals surface area contributed by atoms with Gasteiger partial charge in [0.15, 0.2) is 0 Å². The molecule has 0 aliphatic carbocycles. The van der Waals surface area contributed by atoms with Crippen LogP contribution in [0.15, 0.2) is 18.2 Å². The van der Waals surface area contributed by atoms with Gasteiger partial charge in [0.1, 0.15) is 0 Å². The molecule has 1 unspecified atom stereocenters. The van der Waals surface area contributed by atoms with Crippen LogP contribution < -0.4 is 11.1 Å². The summed E-state index contributed by atoms with van der Waals surface area (Å²) in [6, 6.07) is 5.96. The molecule has 4 nitrogen and oxygen atoms in total. The molecule has 1 aromatic carbocycles. The van der Waals surface area contributed by atoms with Crippen LogP contribution in [-0.4, -0.2) is 25.7 Å². The maximum atomic E-state index is 11.8. The molecule has 17 heavy (non-hydrogen) atoms. The van der Waals surface area contributed by atoms with Gasteiger partial charge in [-0.25, -0.2) is 0 Å². The molecule has 4 heteroatoms. The van der Waals surface area contributed by atoms with E-state index in [0.29, 0.717) is 6.54 Å². The standard InChI is InChI=1S/C13H20N2O2/c1-9-4-5-10(2)12(6-9)15-13(16)7-11(8-14)17-3/h4-6,11H,7-8,14H2,1-3H3,(H,15,16). The van der Waals surface area contributed by atoms with E-state index in [1.807, 2.05) is 32.0 Å². The molecule has 1 aromatic rings. The van der Waals surface area contributed by atoms with Crippen molar-refractivity contribution in [2.24, 2.45) is 5.73 Å². The van der Waals surface area contributed by atoms with Crippen molar-refractivity contribution >= 4 is 11.6 Å². The number of benzene rings is 1. The molecule has 1 atom stereocenters. The molecule has 0 fully saturated rings. The Morgan fingerprint density at radius 3 is 2.76 bits per heavy atom. The summed E-state index contributed by atoms with van der Waals surface area (Å²) in [5.74, 6) is -0.0731. The normalized spacial score (nSPS) is 12.2. The monoisotopic (exact) mass is 236 g/mol. The summed E-state index contributed by atoms with van der Waals surface area (Å²) < 4.78 is 5.08. The third kappa shape index (κ3) is 4.17. The summed E-state index contributed by atoms with van der Waals surface area (Å²) in [5.41, 5.74) is 8.49. The van der Waals surface area contributed by atoms with Crippen LogP contribution in [0.3, 0.4) is 0 Å². The highest BCUT2D eigenvalue weighted by molar-refractivity contribution is 5.91. The van der Waals surface area contributed by atoms with E-state index in [4.69, 9.17) is 10.5 Å². The van der Waals surface area contributed by atoms with Crippen molar-refractivity contribution in [1.82, 2.24) is 0 Å². The minimum absolute atomic E-state index is 0.0731. The van der Waals surface area contributed by atoms with Crippen LogP contribution in [-0.2, 0) is 9.53 Å². The lowest BCUT2D eigenvalue weighted by molar-refractivity contribution is -0.118. The second-order valence-corrected chi connectivity index (χ2v) is 4.16. The van der Waals surface area contributed by atoms with Crippen LogP contribution in [0, 0.1) is 13.8 Å². The number of nitrogens with one attached hydrogen (secondary N) is 1. The van der Waals surface area contributed by atoms with Crippen LogP contribution in [0.4, 0.5) is 5.69 Å². The Labute approximate surface area is 102 Å². The number of ether oxygens (including phenoxy) is 1. The predicted octanol–water partition coefficient (Wildman–Crippen LogP) is 1.61. The molecular formula is C13H20N2O2. The average Bonchev–Trinajstić information content (AvgIpc) is 2.31. The zero-order valence-electron chi connectivity index (χ0n) is 10.6. The van der Waals surface area contributed by atoms with E-state index in [1.165, 1.54) is 0 Å². The Kier molecular flexibility index (Phi) is 5.12. The van der Waals surface area contributed by atoms with Crippen LogP contribution >= 0.6 is 0 Å². The van der Waals surface area contributed by atoms with E-state index in [-0.39, 0.29) is 18.4 Å². The number of rotatable bonds is 5. The highest BCUT2D eigenvalue weighted by atomic mass is 16.5. The van der Waals surface area contributed by atoms with Gasteiger partial charge >= 0.3 is 0 Å². The third-order valence-corrected chi connectivity index (χ3v) is 2.68. The number of nitrogens with two attached hydrogens (primary N) is 1. The molecule has 0 aliphatic rings. The molecule has 0 saturated carbocycles. The van der Waals surface area contributed by atoms with Crippen LogP contribution in [0.2, 0.25) is 0 Å². The Bertz CT molecular complexity index is 387. The fourth-order valence-electron chi connectivity index (χ4n) is 1.54. The fourth-order valence-corrected chi connectivity index (χ4v) is 1.54. The minimum atomic E-state index is -0.222. The lowest BCUT2D eigenvalue weighted by atomic mass is 10.1. The van der Waals surface area contributed by atoms with Crippen molar-refractivity contribution in [3.8, 4) is 0 Å². The first-order valence-corrected chi connectivity index (χ1v) is 5.66. The lowest BCUT2D eigenvalue weighted by Crippen LogP contribution is -2.28. The van der Waals surface area contributed by atoms with Crippen LogP contribution in [0.5, 0.6) is 0 Å². The molecule has 0 saturated heterocycles. The molecule has 3 N–H and O–H groups in total. The van der Waals surface area contributed by atoms with E-state index in [2.05, 4.69) is 5.32 Å². The first kappa shape index (κ1) is 13.7. The van der Waals surface area contributed by atoms with Gasteiger partial charge in [-0.15, -0.1) is 0 Å². The highest BCUT2D eigenvalue weighted by Crippen LogP contribution is 2.16. The van der Waals surface area contributed by atoms with Crippen LogP contribution in [0.25, 0.3) is 0 Å². The lowest BCUT2D eigenvalue weighted by Gasteiger charge is -2.14. The maximum absolute atomic E-state index is 11.8. The molecule has 0 spiro atoms. The predicted molar refractivity (Wildman–Crippen MR) is 69.0 cm³/mol. The second-order valence-electron chi connectivity index (χ2n) is 4.16. The Morgan fingerprint density at radius 1 is 1.47 bits per heavy atom.